The summed E-state index contributed by atoms with van der Waals surface area (Å²) in [5.41, 5.74) is 0.996. The van der Waals surface area contributed by atoms with Crippen molar-refractivity contribution in [3.05, 3.63) is 62.4 Å². The molecule has 164 valence electrons. The molecule has 3 aliphatic heterocycles. The molecule has 5 rings (SSSR count). The van der Waals surface area contributed by atoms with Crippen molar-refractivity contribution in [2.24, 2.45) is 0 Å². The minimum absolute atomic E-state index is 0.00404. The van der Waals surface area contributed by atoms with Gasteiger partial charge in [0.05, 0.1) is 9.91 Å². The molecular weight excluding hydrogens is 452 g/mol. The Bertz CT molecular complexity index is 1100. The van der Waals surface area contributed by atoms with Crippen molar-refractivity contribution in [3.8, 4) is 0 Å². The Hall–Kier alpha value is -1.74. The fourth-order valence-electron chi connectivity index (χ4n) is 4.57. The maximum absolute atomic E-state index is 14.3. The summed E-state index contributed by atoms with van der Waals surface area (Å²) >= 11 is 7.24. The van der Waals surface area contributed by atoms with Gasteiger partial charge in [-0.25, -0.2) is 0 Å². The average Bonchev–Trinajstić information content (AvgIpc) is 3.15. The van der Waals surface area contributed by atoms with Crippen LogP contribution < -0.4 is 0 Å². The molecule has 0 amide bonds. The second-order valence-corrected chi connectivity index (χ2v) is 9.92. The van der Waals surface area contributed by atoms with E-state index in [1.54, 1.807) is 6.20 Å². The zero-order chi connectivity index (χ0) is 22.0. The Labute approximate surface area is 186 Å². The number of rotatable bonds is 3. The molecule has 9 heteroatoms. The predicted molar refractivity (Wildman–Crippen MR) is 112 cm³/mol. The van der Waals surface area contributed by atoms with Crippen LogP contribution in [0.4, 0.5) is 23.2 Å². The molecule has 0 saturated carbocycles. The quantitative estimate of drug-likeness (QED) is 0.415. The highest BCUT2D eigenvalue weighted by atomic mass is 35.5. The summed E-state index contributed by atoms with van der Waals surface area (Å²) in [7, 11) is 0. The van der Waals surface area contributed by atoms with Gasteiger partial charge in [-0.1, -0.05) is 17.7 Å². The zero-order valence-corrected chi connectivity index (χ0v) is 18.3. The SMILES string of the molecule is CC1=[N+](c2c(F)cccc2F)C=C1CN1CCC2(CC1)OCC(F)(F)c1cc(Cl)sc12. The lowest BCUT2D eigenvalue weighted by atomic mass is 9.84. The third-order valence-corrected chi connectivity index (χ3v) is 7.84. The molecule has 1 aromatic carbocycles. The van der Waals surface area contributed by atoms with Crippen molar-refractivity contribution in [2.75, 3.05) is 26.2 Å². The van der Waals surface area contributed by atoms with E-state index in [9.17, 15) is 17.6 Å². The van der Waals surface area contributed by atoms with Gasteiger partial charge in [0.25, 0.3) is 11.6 Å². The summed E-state index contributed by atoms with van der Waals surface area (Å²) in [6, 6.07) is 5.18. The van der Waals surface area contributed by atoms with Crippen molar-refractivity contribution in [1.82, 2.24) is 4.90 Å². The molecule has 3 nitrogen and oxygen atoms in total. The molecule has 0 radical (unpaired) electrons. The van der Waals surface area contributed by atoms with Crippen LogP contribution in [-0.2, 0) is 16.3 Å². The van der Waals surface area contributed by atoms with Gasteiger partial charge in [0.2, 0.25) is 0 Å². The van der Waals surface area contributed by atoms with E-state index in [4.69, 9.17) is 16.3 Å². The number of thiophene rings is 1. The van der Waals surface area contributed by atoms with Crippen LogP contribution in [0.2, 0.25) is 4.34 Å². The van der Waals surface area contributed by atoms with E-state index in [0.29, 0.717) is 41.7 Å². The lowest BCUT2D eigenvalue weighted by Crippen LogP contribution is -2.49. The molecular formula is C22H20ClF4N2OS+. The topological polar surface area (TPSA) is 15.5 Å². The minimum Gasteiger partial charge on any atom is -0.363 e. The van der Waals surface area contributed by atoms with Crippen LogP contribution in [0.25, 0.3) is 0 Å². The van der Waals surface area contributed by atoms with Gasteiger partial charge < -0.3 is 4.74 Å². The van der Waals surface area contributed by atoms with Crippen molar-refractivity contribution in [3.63, 3.8) is 0 Å². The third kappa shape index (κ3) is 3.44. The van der Waals surface area contributed by atoms with Crippen LogP contribution >= 0.6 is 22.9 Å². The van der Waals surface area contributed by atoms with Crippen LogP contribution in [0.3, 0.4) is 0 Å². The number of piperidine rings is 1. The number of hydrogen-bond acceptors (Lipinski definition) is 3. The molecule has 0 atom stereocenters. The van der Waals surface area contributed by atoms with E-state index in [-0.39, 0.29) is 11.3 Å². The van der Waals surface area contributed by atoms with E-state index < -0.39 is 29.8 Å². The normalized spacial score (nSPS) is 22.3. The minimum atomic E-state index is -3.02. The number of benzene rings is 1. The van der Waals surface area contributed by atoms with Crippen molar-refractivity contribution in [1.29, 1.82) is 0 Å². The predicted octanol–water partition coefficient (Wildman–Crippen LogP) is 5.80. The second-order valence-electron chi connectivity index (χ2n) is 8.24. The summed E-state index contributed by atoms with van der Waals surface area (Å²) in [6.45, 7) is 3.16. The van der Waals surface area contributed by atoms with Crippen LogP contribution in [0, 0.1) is 11.6 Å². The first-order chi connectivity index (χ1) is 14.7. The number of fused-ring (bicyclic) bond motifs is 2. The fourth-order valence-corrected chi connectivity index (χ4v) is 6.05. The third-order valence-electron chi connectivity index (χ3n) is 6.39. The Kier molecular flexibility index (Phi) is 5.04. The highest BCUT2D eigenvalue weighted by Crippen LogP contribution is 2.52. The molecule has 0 N–H and O–H groups in total. The standard InChI is InChI=1S/C22H20ClF4N2OS/c1-13-14(11-29(13)19-16(24)3-2-4-17(19)25)10-28-7-5-21(6-8-28)20-15(9-18(23)31-20)22(26,27)12-30-21/h2-4,9,11H,5-8,10,12H2,1H3/q+1. The molecule has 1 saturated heterocycles. The number of nitrogens with zero attached hydrogens (tertiary/aromatic N) is 2. The van der Waals surface area contributed by atoms with E-state index >= 15 is 0 Å². The monoisotopic (exact) mass is 471 g/mol. The highest BCUT2D eigenvalue weighted by Gasteiger charge is 2.51. The first-order valence-corrected chi connectivity index (χ1v) is 11.2. The number of hydrogen-bond donors (Lipinski definition) is 0. The van der Waals surface area contributed by atoms with Crippen molar-refractivity contribution >= 4 is 34.3 Å². The van der Waals surface area contributed by atoms with Gasteiger partial charge in [-0.2, -0.15) is 22.1 Å². The summed E-state index contributed by atoms with van der Waals surface area (Å²) in [5, 5.41) is 0. The van der Waals surface area contributed by atoms with E-state index in [1.807, 2.05) is 6.92 Å². The number of para-hydroxylation sites is 1. The molecule has 1 aromatic heterocycles. The molecule has 3 aliphatic rings. The van der Waals surface area contributed by atoms with Crippen LogP contribution in [0.15, 0.2) is 36.0 Å². The van der Waals surface area contributed by atoms with Crippen LogP contribution in [0.1, 0.15) is 30.2 Å². The maximum atomic E-state index is 14.3. The molecule has 1 fully saturated rings. The summed E-state index contributed by atoms with van der Waals surface area (Å²) in [4.78, 5) is 2.75. The molecule has 31 heavy (non-hydrogen) atoms. The Balaban J connectivity index is 1.28. The number of likely N-dealkylation sites (tertiary alicyclic amines) is 1. The molecule has 4 heterocycles. The van der Waals surface area contributed by atoms with Gasteiger partial charge in [0.15, 0.2) is 23.5 Å². The van der Waals surface area contributed by atoms with E-state index in [1.165, 1.54) is 40.2 Å². The van der Waals surface area contributed by atoms with E-state index in [0.717, 1.165) is 11.3 Å². The first kappa shape index (κ1) is 21.1. The zero-order valence-electron chi connectivity index (χ0n) is 16.7. The number of halogens is 5. The van der Waals surface area contributed by atoms with E-state index in [2.05, 4.69) is 4.90 Å². The Morgan fingerprint density at radius 2 is 1.87 bits per heavy atom. The van der Waals surface area contributed by atoms with Gasteiger partial charge in [-0.3, -0.25) is 4.90 Å². The average molecular weight is 472 g/mol. The molecule has 2 aromatic rings. The maximum Gasteiger partial charge on any atom is 0.297 e. The van der Waals surface area contributed by atoms with Crippen molar-refractivity contribution < 1.29 is 26.9 Å². The first-order valence-electron chi connectivity index (χ1n) is 10.0. The van der Waals surface area contributed by atoms with Gasteiger partial charge in [0, 0.05) is 37.0 Å². The molecule has 0 aliphatic carbocycles. The molecule has 0 bridgehead atoms. The van der Waals surface area contributed by atoms with Gasteiger partial charge in [-0.05, 0) is 31.0 Å². The smallest absolute Gasteiger partial charge is 0.297 e. The molecule has 1 spiro atoms. The number of alkyl halides is 2. The lowest BCUT2D eigenvalue weighted by molar-refractivity contribution is -0.380. The molecule has 0 unspecified atom stereocenters. The van der Waals surface area contributed by atoms with Gasteiger partial charge in [-0.15, -0.1) is 11.3 Å². The largest absolute Gasteiger partial charge is 0.363 e. The Morgan fingerprint density at radius 1 is 1.19 bits per heavy atom. The van der Waals surface area contributed by atoms with Gasteiger partial charge >= 0.3 is 0 Å². The summed E-state index contributed by atoms with van der Waals surface area (Å²) < 4.78 is 64.3. The van der Waals surface area contributed by atoms with Crippen LogP contribution in [-0.4, -0.2) is 41.4 Å². The Morgan fingerprint density at radius 3 is 2.52 bits per heavy atom. The second kappa shape index (κ2) is 7.40. The lowest BCUT2D eigenvalue weighted by Gasteiger charge is -2.45. The summed E-state index contributed by atoms with van der Waals surface area (Å²) in [6.07, 6.45) is 2.92. The number of ether oxygens (including phenoxy) is 1. The van der Waals surface area contributed by atoms with Gasteiger partial charge in [0.1, 0.15) is 12.2 Å². The summed E-state index contributed by atoms with van der Waals surface area (Å²) in [5.74, 6) is -4.23. The van der Waals surface area contributed by atoms with Crippen LogP contribution in [0.5, 0.6) is 0 Å². The highest BCUT2D eigenvalue weighted by molar-refractivity contribution is 7.16. The van der Waals surface area contributed by atoms with Crippen molar-refractivity contribution in [2.45, 2.75) is 31.3 Å². The fraction of sp³-hybridized carbons (Fsp3) is 0.409.